The van der Waals surface area contributed by atoms with Crippen molar-refractivity contribution in [3.63, 3.8) is 0 Å². The highest BCUT2D eigenvalue weighted by molar-refractivity contribution is 4.95. The molecule has 1 fully saturated rings. The van der Waals surface area contributed by atoms with E-state index >= 15 is 0 Å². The summed E-state index contributed by atoms with van der Waals surface area (Å²) in [5, 5.41) is 9.16. The molecular formula is C10H15N3O5. The lowest BCUT2D eigenvalue weighted by Gasteiger charge is -2.19. The summed E-state index contributed by atoms with van der Waals surface area (Å²) in [6.45, 7) is -0.263. The highest BCUT2D eigenvalue weighted by Crippen LogP contribution is 2.28. The van der Waals surface area contributed by atoms with Gasteiger partial charge in [-0.2, -0.15) is 0 Å². The number of aliphatic hydroxyl groups excluding tert-OH is 1. The van der Waals surface area contributed by atoms with E-state index in [0.717, 1.165) is 0 Å². The molecule has 2 rings (SSSR count). The number of nitrogens with two attached hydrogens (primary N) is 1. The van der Waals surface area contributed by atoms with Crippen LogP contribution in [-0.4, -0.2) is 46.6 Å². The quantitative estimate of drug-likeness (QED) is 0.563. The zero-order valence-electron chi connectivity index (χ0n) is 9.78. The fraction of sp³-hybridized carbons (Fsp3) is 0.600. The number of hydrogen-bond acceptors (Lipinski definition) is 6. The van der Waals surface area contributed by atoms with Crippen LogP contribution in [0.4, 0.5) is 0 Å². The van der Waals surface area contributed by atoms with Crippen LogP contribution in [-0.2, 0) is 9.47 Å². The summed E-state index contributed by atoms with van der Waals surface area (Å²) in [6, 6.07) is 0.585. The average Bonchev–Trinajstić information content (AvgIpc) is 2.66. The van der Waals surface area contributed by atoms with Crippen molar-refractivity contribution in [2.75, 3.05) is 13.7 Å². The first-order chi connectivity index (χ1) is 8.58. The molecule has 100 valence electrons. The lowest BCUT2D eigenvalue weighted by molar-refractivity contribution is -0.0536. The summed E-state index contributed by atoms with van der Waals surface area (Å²) in [6.07, 6.45) is -0.595. The Morgan fingerprint density at radius 2 is 2.33 bits per heavy atom. The molecule has 8 nitrogen and oxygen atoms in total. The molecule has 18 heavy (non-hydrogen) atoms. The molecule has 0 saturated carbocycles. The van der Waals surface area contributed by atoms with E-state index in [0.29, 0.717) is 0 Å². The van der Waals surface area contributed by atoms with Crippen molar-refractivity contribution in [2.45, 2.75) is 24.5 Å². The van der Waals surface area contributed by atoms with Crippen LogP contribution < -0.4 is 17.0 Å². The molecule has 4 N–H and O–H groups in total. The van der Waals surface area contributed by atoms with Gasteiger partial charge in [0.2, 0.25) is 0 Å². The fourth-order valence-electron chi connectivity index (χ4n) is 2.09. The molecule has 0 aromatic carbocycles. The Bertz CT molecular complexity index is 525. The van der Waals surface area contributed by atoms with Crippen LogP contribution in [0, 0.1) is 0 Å². The molecule has 8 heteroatoms. The summed E-state index contributed by atoms with van der Waals surface area (Å²) in [4.78, 5) is 24.7. The smallest absolute Gasteiger partial charge is 0.330 e. The Hall–Kier alpha value is -1.48. The van der Waals surface area contributed by atoms with Crippen molar-refractivity contribution in [2.24, 2.45) is 5.73 Å². The number of rotatable bonds is 3. The maximum Gasteiger partial charge on any atom is 0.330 e. The van der Waals surface area contributed by atoms with Crippen molar-refractivity contribution >= 4 is 0 Å². The number of aromatic amines is 1. The minimum atomic E-state index is -0.781. The van der Waals surface area contributed by atoms with E-state index in [-0.39, 0.29) is 6.61 Å². The second kappa shape index (κ2) is 5.02. The van der Waals surface area contributed by atoms with Crippen LogP contribution in [0.15, 0.2) is 21.9 Å². The number of methoxy groups -OCH3 is 1. The van der Waals surface area contributed by atoms with Crippen LogP contribution in [0.3, 0.4) is 0 Å². The molecule has 1 saturated heterocycles. The first-order valence-corrected chi connectivity index (χ1v) is 5.44. The van der Waals surface area contributed by atoms with Crippen LogP contribution >= 0.6 is 0 Å². The van der Waals surface area contributed by atoms with E-state index in [1.54, 1.807) is 0 Å². The highest BCUT2D eigenvalue weighted by Gasteiger charge is 2.43. The SMILES string of the molecule is CO[C@H]1[C@@H](N)[C@H](n2ccc(=O)[nH]c2=O)O[C@@H]1CO. The summed E-state index contributed by atoms with van der Waals surface area (Å²) in [5.74, 6) is 0. The van der Waals surface area contributed by atoms with E-state index in [4.69, 9.17) is 20.3 Å². The largest absolute Gasteiger partial charge is 0.394 e. The average molecular weight is 257 g/mol. The summed E-state index contributed by atoms with van der Waals surface area (Å²) in [7, 11) is 1.45. The summed E-state index contributed by atoms with van der Waals surface area (Å²) in [5.41, 5.74) is 4.82. The molecule has 1 aliphatic rings. The number of hydrogen-bond donors (Lipinski definition) is 3. The second-order valence-corrected chi connectivity index (χ2v) is 4.04. The number of nitrogens with one attached hydrogen (secondary N) is 1. The Labute approximate surface area is 102 Å². The molecule has 0 aliphatic carbocycles. The lowest BCUT2D eigenvalue weighted by Crippen LogP contribution is -2.43. The maximum atomic E-state index is 11.6. The Morgan fingerprint density at radius 1 is 1.61 bits per heavy atom. The highest BCUT2D eigenvalue weighted by atomic mass is 16.6. The van der Waals surface area contributed by atoms with Gasteiger partial charge < -0.3 is 20.3 Å². The van der Waals surface area contributed by atoms with Gasteiger partial charge in [-0.3, -0.25) is 14.3 Å². The molecule has 1 aliphatic heterocycles. The zero-order valence-corrected chi connectivity index (χ0v) is 9.78. The van der Waals surface area contributed by atoms with Gasteiger partial charge >= 0.3 is 5.69 Å². The van der Waals surface area contributed by atoms with Crippen molar-refractivity contribution in [3.05, 3.63) is 33.1 Å². The predicted molar refractivity (Wildman–Crippen MR) is 61.1 cm³/mol. The minimum absolute atomic E-state index is 0.263. The Morgan fingerprint density at radius 3 is 2.83 bits per heavy atom. The molecule has 1 aromatic heterocycles. The van der Waals surface area contributed by atoms with Gasteiger partial charge in [0.1, 0.15) is 12.2 Å². The van der Waals surface area contributed by atoms with Crippen molar-refractivity contribution < 1.29 is 14.6 Å². The number of ether oxygens (including phenoxy) is 2. The molecule has 0 unspecified atom stereocenters. The Kier molecular flexibility index (Phi) is 3.62. The maximum absolute atomic E-state index is 11.6. The van der Waals surface area contributed by atoms with Crippen molar-refractivity contribution in [1.82, 2.24) is 9.55 Å². The molecular weight excluding hydrogens is 242 g/mol. The normalized spacial score (nSPS) is 31.7. The number of H-pyrrole nitrogens is 1. The first kappa shape index (κ1) is 13.0. The van der Waals surface area contributed by atoms with E-state index in [9.17, 15) is 9.59 Å². The van der Waals surface area contributed by atoms with E-state index in [1.807, 2.05) is 0 Å². The summed E-state index contributed by atoms with van der Waals surface area (Å²) < 4.78 is 11.8. The van der Waals surface area contributed by atoms with E-state index < -0.39 is 35.7 Å². The van der Waals surface area contributed by atoms with Crippen molar-refractivity contribution in [1.29, 1.82) is 0 Å². The van der Waals surface area contributed by atoms with Gasteiger partial charge in [-0.25, -0.2) is 4.79 Å². The van der Waals surface area contributed by atoms with Gasteiger partial charge in [0.25, 0.3) is 5.56 Å². The second-order valence-electron chi connectivity index (χ2n) is 4.04. The number of aliphatic hydroxyl groups is 1. The number of nitrogens with zero attached hydrogens (tertiary/aromatic N) is 1. The van der Waals surface area contributed by atoms with Crippen LogP contribution in [0.2, 0.25) is 0 Å². The molecule has 0 amide bonds. The van der Waals surface area contributed by atoms with E-state index in [2.05, 4.69) is 4.98 Å². The van der Waals surface area contributed by atoms with Gasteiger partial charge in [0.05, 0.1) is 12.6 Å². The fourth-order valence-corrected chi connectivity index (χ4v) is 2.09. The van der Waals surface area contributed by atoms with Crippen LogP contribution in [0.25, 0.3) is 0 Å². The summed E-state index contributed by atoms with van der Waals surface area (Å²) >= 11 is 0. The minimum Gasteiger partial charge on any atom is -0.394 e. The third-order valence-corrected chi connectivity index (χ3v) is 2.97. The van der Waals surface area contributed by atoms with Crippen LogP contribution in [0.1, 0.15) is 6.23 Å². The van der Waals surface area contributed by atoms with Crippen molar-refractivity contribution in [3.8, 4) is 0 Å². The zero-order chi connectivity index (χ0) is 13.3. The standard InChI is InChI=1S/C10H15N3O5/c1-17-8-5(4-14)18-9(7(8)11)13-3-2-6(15)12-10(13)16/h2-3,5,7-9,14H,4,11H2,1H3,(H,12,15,16)/t5-,7-,8-,9-/m1/s1. The third-order valence-electron chi connectivity index (χ3n) is 2.97. The third kappa shape index (κ3) is 2.10. The molecule has 0 radical (unpaired) electrons. The molecule has 2 heterocycles. The van der Waals surface area contributed by atoms with Gasteiger partial charge in [-0.05, 0) is 0 Å². The first-order valence-electron chi connectivity index (χ1n) is 5.44. The topological polar surface area (TPSA) is 120 Å². The monoisotopic (exact) mass is 257 g/mol. The van der Waals surface area contributed by atoms with Gasteiger partial charge in [-0.1, -0.05) is 0 Å². The van der Waals surface area contributed by atoms with Gasteiger partial charge in [0.15, 0.2) is 6.23 Å². The molecule has 0 bridgehead atoms. The van der Waals surface area contributed by atoms with Crippen LogP contribution in [0.5, 0.6) is 0 Å². The van der Waals surface area contributed by atoms with Gasteiger partial charge in [0, 0.05) is 19.4 Å². The molecule has 4 atom stereocenters. The Balaban J connectivity index is 2.34. The van der Waals surface area contributed by atoms with Gasteiger partial charge in [-0.15, -0.1) is 0 Å². The molecule has 1 aromatic rings. The number of aromatic nitrogens is 2. The predicted octanol–water partition coefficient (Wildman–Crippen LogP) is -2.23. The van der Waals surface area contributed by atoms with E-state index in [1.165, 1.54) is 23.9 Å². The molecule has 0 spiro atoms. The lowest BCUT2D eigenvalue weighted by atomic mass is 10.1.